The number of fused-ring (bicyclic) bond motifs is 1. The first kappa shape index (κ1) is 18.5. The molecule has 0 radical (unpaired) electrons. The van der Waals surface area contributed by atoms with E-state index in [1.807, 2.05) is 36.4 Å². The van der Waals surface area contributed by atoms with Gasteiger partial charge in [0.05, 0.1) is 16.8 Å². The summed E-state index contributed by atoms with van der Waals surface area (Å²) >= 11 is 0. The quantitative estimate of drug-likeness (QED) is 0.652. The Hall–Kier alpha value is -2.86. The molecule has 4 rings (SSSR count). The Morgan fingerprint density at radius 1 is 0.893 bits per heavy atom. The minimum Gasteiger partial charge on any atom is -0.366 e. The topological polar surface area (TPSA) is 71.1 Å². The Kier molecular flexibility index (Phi) is 5.30. The molecule has 1 aromatic heterocycles. The third-order valence-corrected chi connectivity index (χ3v) is 6.34. The van der Waals surface area contributed by atoms with Crippen molar-refractivity contribution in [3.63, 3.8) is 0 Å². The summed E-state index contributed by atoms with van der Waals surface area (Å²) in [6, 6.07) is 19.0. The molecule has 0 fully saturated rings. The van der Waals surface area contributed by atoms with Gasteiger partial charge in [-0.05, 0) is 66.6 Å². The predicted octanol–water partition coefficient (Wildman–Crippen LogP) is 4.37. The highest BCUT2D eigenvalue weighted by molar-refractivity contribution is 7.92. The molecule has 0 amide bonds. The van der Waals surface area contributed by atoms with Crippen LogP contribution in [0.4, 0.5) is 11.5 Å². The monoisotopic (exact) mass is 393 g/mol. The van der Waals surface area contributed by atoms with Crippen LogP contribution in [-0.2, 0) is 29.4 Å². The summed E-state index contributed by atoms with van der Waals surface area (Å²) in [5.74, 6) is 0.695. The molecular formula is C22H23N3O2S. The fourth-order valence-corrected chi connectivity index (χ4v) is 4.53. The first-order valence-electron chi connectivity index (χ1n) is 9.49. The Morgan fingerprint density at radius 3 is 2.43 bits per heavy atom. The number of sulfonamides is 1. The van der Waals surface area contributed by atoms with Crippen LogP contribution in [-0.4, -0.2) is 13.4 Å². The van der Waals surface area contributed by atoms with E-state index in [0.717, 1.165) is 30.4 Å². The van der Waals surface area contributed by atoms with Crippen LogP contribution in [0.2, 0.25) is 0 Å². The van der Waals surface area contributed by atoms with Crippen LogP contribution < -0.4 is 10.0 Å². The molecule has 0 saturated carbocycles. The summed E-state index contributed by atoms with van der Waals surface area (Å²) in [7, 11) is -3.63. The zero-order chi connectivity index (χ0) is 19.4. The fraction of sp³-hybridized carbons (Fsp3) is 0.227. The van der Waals surface area contributed by atoms with E-state index in [9.17, 15) is 8.42 Å². The normalized spacial score (nSPS) is 13.6. The summed E-state index contributed by atoms with van der Waals surface area (Å²) in [6.45, 7) is 0.661. The van der Waals surface area contributed by atoms with Gasteiger partial charge in [0, 0.05) is 6.54 Å². The van der Waals surface area contributed by atoms with Crippen molar-refractivity contribution in [2.45, 2.75) is 37.1 Å². The van der Waals surface area contributed by atoms with Crippen LogP contribution in [0, 0.1) is 0 Å². The maximum Gasteiger partial charge on any atom is 0.261 e. The molecule has 0 bridgehead atoms. The molecular weight excluding hydrogens is 370 g/mol. The summed E-state index contributed by atoms with van der Waals surface area (Å²) in [6.07, 6.45) is 5.80. The van der Waals surface area contributed by atoms with Gasteiger partial charge in [0.25, 0.3) is 10.0 Å². The standard InChI is InChI=1S/C22H23N3O2S/c26-28(27,21-12-10-18-8-4-5-9-19(18)14-21)25-20-11-13-22(24-16-20)23-15-17-6-2-1-3-7-17/h1-3,6-7,10-14,16,25H,4-5,8-9,15H2,(H,23,24). The first-order chi connectivity index (χ1) is 13.6. The molecule has 2 aromatic carbocycles. The molecule has 1 heterocycles. The van der Waals surface area contributed by atoms with Gasteiger partial charge in [-0.25, -0.2) is 13.4 Å². The molecule has 0 spiro atoms. The Balaban J connectivity index is 1.43. The van der Waals surface area contributed by atoms with Crippen molar-refractivity contribution in [3.8, 4) is 0 Å². The van der Waals surface area contributed by atoms with Gasteiger partial charge in [0.2, 0.25) is 0 Å². The summed E-state index contributed by atoms with van der Waals surface area (Å²) in [5, 5.41) is 3.23. The zero-order valence-electron chi connectivity index (χ0n) is 15.6. The maximum atomic E-state index is 12.7. The van der Waals surface area contributed by atoms with Crippen molar-refractivity contribution in [1.29, 1.82) is 0 Å². The lowest BCUT2D eigenvalue weighted by Crippen LogP contribution is -2.14. The first-order valence-corrected chi connectivity index (χ1v) is 11.0. The number of benzene rings is 2. The molecule has 6 heteroatoms. The smallest absolute Gasteiger partial charge is 0.261 e. The van der Waals surface area contributed by atoms with Gasteiger partial charge < -0.3 is 5.32 Å². The summed E-state index contributed by atoms with van der Waals surface area (Å²) in [5.41, 5.74) is 4.01. The van der Waals surface area contributed by atoms with Crippen molar-refractivity contribution < 1.29 is 8.42 Å². The van der Waals surface area contributed by atoms with Crippen molar-refractivity contribution in [2.75, 3.05) is 10.0 Å². The minimum atomic E-state index is -3.63. The Morgan fingerprint density at radius 2 is 1.68 bits per heavy atom. The van der Waals surface area contributed by atoms with Crippen molar-refractivity contribution in [1.82, 2.24) is 4.98 Å². The molecule has 1 aliphatic carbocycles. The lowest BCUT2D eigenvalue weighted by atomic mass is 9.92. The van der Waals surface area contributed by atoms with E-state index in [2.05, 4.69) is 15.0 Å². The van der Waals surface area contributed by atoms with Crippen LogP contribution in [0.3, 0.4) is 0 Å². The average Bonchev–Trinajstić information content (AvgIpc) is 2.73. The highest BCUT2D eigenvalue weighted by Crippen LogP contribution is 2.25. The van der Waals surface area contributed by atoms with E-state index >= 15 is 0 Å². The summed E-state index contributed by atoms with van der Waals surface area (Å²) < 4.78 is 28.1. The van der Waals surface area contributed by atoms with Crippen LogP contribution in [0.25, 0.3) is 0 Å². The highest BCUT2D eigenvalue weighted by atomic mass is 32.2. The molecule has 1 aliphatic rings. The van der Waals surface area contributed by atoms with Crippen LogP contribution in [0.1, 0.15) is 29.5 Å². The van der Waals surface area contributed by atoms with Gasteiger partial charge in [0.15, 0.2) is 0 Å². The third kappa shape index (κ3) is 4.34. The van der Waals surface area contributed by atoms with E-state index in [0.29, 0.717) is 22.9 Å². The Bertz CT molecular complexity index is 1050. The molecule has 2 N–H and O–H groups in total. The average molecular weight is 394 g/mol. The van der Waals surface area contributed by atoms with Crippen LogP contribution >= 0.6 is 0 Å². The molecule has 0 saturated heterocycles. The predicted molar refractivity (Wildman–Crippen MR) is 112 cm³/mol. The summed E-state index contributed by atoms with van der Waals surface area (Å²) in [4.78, 5) is 4.61. The number of aromatic nitrogens is 1. The van der Waals surface area contributed by atoms with E-state index < -0.39 is 10.0 Å². The van der Waals surface area contributed by atoms with E-state index in [1.165, 1.54) is 18.2 Å². The number of anilines is 2. The largest absolute Gasteiger partial charge is 0.366 e. The van der Waals surface area contributed by atoms with Crippen molar-refractivity contribution in [3.05, 3.63) is 83.6 Å². The van der Waals surface area contributed by atoms with E-state index in [4.69, 9.17) is 0 Å². The molecule has 5 nitrogen and oxygen atoms in total. The number of hydrogen-bond donors (Lipinski definition) is 2. The van der Waals surface area contributed by atoms with Gasteiger partial charge in [-0.2, -0.15) is 0 Å². The van der Waals surface area contributed by atoms with Gasteiger partial charge >= 0.3 is 0 Å². The zero-order valence-corrected chi connectivity index (χ0v) is 16.4. The number of hydrogen-bond acceptors (Lipinski definition) is 4. The molecule has 3 aromatic rings. The number of pyridine rings is 1. The van der Waals surface area contributed by atoms with E-state index in [1.54, 1.807) is 24.3 Å². The molecule has 0 unspecified atom stereocenters. The van der Waals surface area contributed by atoms with Crippen LogP contribution in [0.5, 0.6) is 0 Å². The second-order valence-electron chi connectivity index (χ2n) is 7.01. The van der Waals surface area contributed by atoms with Gasteiger partial charge in [-0.1, -0.05) is 36.4 Å². The number of rotatable bonds is 6. The van der Waals surface area contributed by atoms with Crippen LogP contribution in [0.15, 0.2) is 71.8 Å². The van der Waals surface area contributed by atoms with Crippen molar-refractivity contribution >= 4 is 21.5 Å². The number of nitrogens with one attached hydrogen (secondary N) is 2. The second-order valence-corrected chi connectivity index (χ2v) is 8.70. The second kappa shape index (κ2) is 8.02. The fourth-order valence-electron chi connectivity index (χ4n) is 3.44. The van der Waals surface area contributed by atoms with Gasteiger partial charge in [-0.15, -0.1) is 0 Å². The molecule has 0 aliphatic heterocycles. The van der Waals surface area contributed by atoms with Crippen molar-refractivity contribution in [2.24, 2.45) is 0 Å². The van der Waals surface area contributed by atoms with E-state index in [-0.39, 0.29) is 0 Å². The van der Waals surface area contributed by atoms with Gasteiger partial charge in [0.1, 0.15) is 5.82 Å². The highest BCUT2D eigenvalue weighted by Gasteiger charge is 2.18. The lowest BCUT2D eigenvalue weighted by molar-refractivity contribution is 0.600. The maximum absolute atomic E-state index is 12.7. The number of aryl methyl sites for hydroxylation is 2. The third-order valence-electron chi connectivity index (χ3n) is 4.96. The Labute approximate surface area is 165 Å². The number of nitrogens with zero attached hydrogens (tertiary/aromatic N) is 1. The molecule has 0 atom stereocenters. The SMILES string of the molecule is O=S(=O)(Nc1ccc(NCc2ccccc2)nc1)c1ccc2c(c1)CCCC2. The molecule has 28 heavy (non-hydrogen) atoms. The molecule has 144 valence electrons. The lowest BCUT2D eigenvalue weighted by Gasteiger charge is -2.17. The minimum absolute atomic E-state index is 0.305. The van der Waals surface area contributed by atoms with Gasteiger partial charge in [-0.3, -0.25) is 4.72 Å².